The fourth-order valence-corrected chi connectivity index (χ4v) is 5.14. The fourth-order valence-electron chi connectivity index (χ4n) is 5.14. The summed E-state index contributed by atoms with van der Waals surface area (Å²) in [7, 11) is 0. The third kappa shape index (κ3) is 2.49. The second-order valence-corrected chi connectivity index (χ2v) is 8.08. The SMILES string of the molecule is O=C(c1ccn(C2CCCNC2)n1)N1CC2(CCCC2)c2ccccc21. The quantitative estimate of drug-likeness (QED) is 0.904. The lowest BCUT2D eigenvalue weighted by atomic mass is 9.81. The predicted molar refractivity (Wildman–Crippen MR) is 102 cm³/mol. The second-order valence-electron chi connectivity index (χ2n) is 8.08. The highest BCUT2D eigenvalue weighted by molar-refractivity contribution is 6.06. The van der Waals surface area contributed by atoms with Crippen LogP contribution in [0.25, 0.3) is 0 Å². The highest BCUT2D eigenvalue weighted by atomic mass is 16.2. The molecule has 1 atom stereocenters. The molecule has 1 aromatic heterocycles. The van der Waals surface area contributed by atoms with Crippen molar-refractivity contribution in [3.8, 4) is 0 Å². The number of piperidine rings is 1. The van der Waals surface area contributed by atoms with Crippen LogP contribution in [0.4, 0.5) is 5.69 Å². The zero-order valence-electron chi connectivity index (χ0n) is 15.2. The first-order chi connectivity index (χ1) is 12.8. The van der Waals surface area contributed by atoms with Gasteiger partial charge in [0.15, 0.2) is 5.69 Å². The smallest absolute Gasteiger partial charge is 0.278 e. The van der Waals surface area contributed by atoms with E-state index in [1.54, 1.807) is 0 Å². The zero-order chi connectivity index (χ0) is 17.6. The molecule has 136 valence electrons. The first kappa shape index (κ1) is 16.1. The largest absolute Gasteiger partial charge is 0.315 e. The lowest BCUT2D eigenvalue weighted by Crippen LogP contribution is -2.36. The number of carbonyl (C=O) groups is 1. The van der Waals surface area contributed by atoms with Crippen molar-refractivity contribution in [1.29, 1.82) is 0 Å². The molecular weight excluding hydrogens is 324 g/mol. The number of aromatic nitrogens is 2. The number of benzene rings is 1. The molecule has 1 aromatic carbocycles. The summed E-state index contributed by atoms with van der Waals surface area (Å²) >= 11 is 0. The Morgan fingerprint density at radius 2 is 2.00 bits per heavy atom. The Morgan fingerprint density at radius 1 is 1.15 bits per heavy atom. The van der Waals surface area contributed by atoms with Crippen LogP contribution in [-0.4, -0.2) is 35.3 Å². The minimum Gasteiger partial charge on any atom is -0.315 e. The van der Waals surface area contributed by atoms with Crippen molar-refractivity contribution in [1.82, 2.24) is 15.1 Å². The number of anilines is 1. The first-order valence-corrected chi connectivity index (χ1v) is 9.94. The van der Waals surface area contributed by atoms with Crippen LogP contribution in [0.5, 0.6) is 0 Å². The van der Waals surface area contributed by atoms with Crippen LogP contribution in [0, 0.1) is 0 Å². The van der Waals surface area contributed by atoms with Crippen molar-refractivity contribution < 1.29 is 4.79 Å². The number of para-hydroxylation sites is 1. The Kier molecular flexibility index (Phi) is 3.85. The van der Waals surface area contributed by atoms with E-state index in [2.05, 4.69) is 28.6 Å². The number of rotatable bonds is 2. The molecule has 0 radical (unpaired) electrons. The third-order valence-electron chi connectivity index (χ3n) is 6.51. The Hall–Kier alpha value is -2.14. The van der Waals surface area contributed by atoms with Crippen LogP contribution in [0.15, 0.2) is 36.5 Å². The van der Waals surface area contributed by atoms with Crippen molar-refractivity contribution in [3.63, 3.8) is 0 Å². The van der Waals surface area contributed by atoms with Gasteiger partial charge in [0.05, 0.1) is 6.04 Å². The number of fused-ring (bicyclic) bond motifs is 2. The summed E-state index contributed by atoms with van der Waals surface area (Å²) < 4.78 is 1.98. The summed E-state index contributed by atoms with van der Waals surface area (Å²) in [6.07, 6.45) is 9.16. The van der Waals surface area contributed by atoms with E-state index in [1.807, 2.05) is 27.9 Å². The summed E-state index contributed by atoms with van der Waals surface area (Å²) in [5.41, 5.74) is 3.19. The summed E-state index contributed by atoms with van der Waals surface area (Å²) in [5, 5.41) is 8.07. The molecule has 2 aliphatic heterocycles. The summed E-state index contributed by atoms with van der Waals surface area (Å²) in [5.74, 6) is 0.0451. The van der Waals surface area contributed by atoms with Crippen LogP contribution < -0.4 is 10.2 Å². The topological polar surface area (TPSA) is 50.2 Å². The number of hydrogen-bond donors (Lipinski definition) is 1. The van der Waals surface area contributed by atoms with Crippen LogP contribution in [0.3, 0.4) is 0 Å². The van der Waals surface area contributed by atoms with Gasteiger partial charge in [-0.2, -0.15) is 5.10 Å². The van der Waals surface area contributed by atoms with E-state index in [-0.39, 0.29) is 11.3 Å². The van der Waals surface area contributed by atoms with Crippen molar-refractivity contribution in [3.05, 3.63) is 47.8 Å². The Bertz CT molecular complexity index is 815. The highest BCUT2D eigenvalue weighted by Crippen LogP contribution is 2.50. The van der Waals surface area contributed by atoms with Gasteiger partial charge in [0, 0.05) is 30.4 Å². The second kappa shape index (κ2) is 6.23. The van der Waals surface area contributed by atoms with Gasteiger partial charge in [-0.05, 0) is 49.9 Å². The summed E-state index contributed by atoms with van der Waals surface area (Å²) in [6.45, 7) is 2.82. The van der Waals surface area contributed by atoms with E-state index in [1.165, 1.54) is 31.2 Å². The van der Waals surface area contributed by atoms with E-state index in [4.69, 9.17) is 0 Å². The average Bonchev–Trinajstić information content (AvgIpc) is 3.43. The summed E-state index contributed by atoms with van der Waals surface area (Å²) in [4.78, 5) is 15.3. The number of hydrogen-bond acceptors (Lipinski definition) is 3. The molecule has 3 heterocycles. The maximum absolute atomic E-state index is 13.3. The van der Waals surface area contributed by atoms with E-state index in [0.29, 0.717) is 11.7 Å². The molecule has 5 nitrogen and oxygen atoms in total. The number of amides is 1. The van der Waals surface area contributed by atoms with Gasteiger partial charge in [0.1, 0.15) is 0 Å². The minimum atomic E-state index is 0.0451. The van der Waals surface area contributed by atoms with Crippen molar-refractivity contribution in [2.75, 3.05) is 24.5 Å². The zero-order valence-corrected chi connectivity index (χ0v) is 15.2. The first-order valence-electron chi connectivity index (χ1n) is 9.94. The van der Waals surface area contributed by atoms with Gasteiger partial charge in [-0.25, -0.2) is 0 Å². The van der Waals surface area contributed by atoms with Gasteiger partial charge in [0.2, 0.25) is 0 Å². The number of carbonyl (C=O) groups excluding carboxylic acids is 1. The molecule has 1 unspecified atom stereocenters. The van der Waals surface area contributed by atoms with E-state index >= 15 is 0 Å². The lowest BCUT2D eigenvalue weighted by Gasteiger charge is -2.24. The molecule has 1 saturated heterocycles. The Morgan fingerprint density at radius 3 is 2.81 bits per heavy atom. The monoisotopic (exact) mass is 350 g/mol. The molecule has 5 rings (SSSR count). The number of nitrogens with one attached hydrogen (secondary N) is 1. The maximum Gasteiger partial charge on any atom is 0.278 e. The molecule has 3 aliphatic rings. The third-order valence-corrected chi connectivity index (χ3v) is 6.51. The van der Waals surface area contributed by atoms with Crippen LogP contribution in [0.1, 0.15) is 60.6 Å². The minimum absolute atomic E-state index is 0.0451. The molecule has 1 amide bonds. The van der Waals surface area contributed by atoms with Gasteiger partial charge in [0.25, 0.3) is 5.91 Å². The van der Waals surface area contributed by atoms with Crippen molar-refractivity contribution >= 4 is 11.6 Å². The Balaban J connectivity index is 1.43. The molecule has 26 heavy (non-hydrogen) atoms. The molecule has 1 spiro atoms. The van der Waals surface area contributed by atoms with Crippen LogP contribution in [-0.2, 0) is 5.41 Å². The van der Waals surface area contributed by atoms with E-state index in [9.17, 15) is 4.79 Å². The van der Waals surface area contributed by atoms with Gasteiger partial charge >= 0.3 is 0 Å². The van der Waals surface area contributed by atoms with Crippen molar-refractivity contribution in [2.24, 2.45) is 0 Å². The average molecular weight is 350 g/mol. The van der Waals surface area contributed by atoms with Gasteiger partial charge in [-0.3, -0.25) is 9.48 Å². The molecule has 1 saturated carbocycles. The molecule has 1 aliphatic carbocycles. The predicted octanol–water partition coefficient (Wildman–Crippen LogP) is 3.28. The van der Waals surface area contributed by atoms with Gasteiger partial charge in [-0.1, -0.05) is 31.0 Å². The Labute approximate surface area is 154 Å². The molecule has 5 heteroatoms. The fraction of sp³-hybridized carbons (Fsp3) is 0.524. The molecule has 2 fully saturated rings. The lowest BCUT2D eigenvalue weighted by molar-refractivity contribution is 0.0979. The van der Waals surface area contributed by atoms with Crippen LogP contribution >= 0.6 is 0 Å². The molecule has 0 bridgehead atoms. The van der Waals surface area contributed by atoms with E-state index in [0.717, 1.165) is 38.2 Å². The van der Waals surface area contributed by atoms with Gasteiger partial charge < -0.3 is 10.2 Å². The number of nitrogens with zero attached hydrogens (tertiary/aromatic N) is 3. The highest BCUT2D eigenvalue weighted by Gasteiger charge is 2.46. The molecular formula is C21H26N4O. The van der Waals surface area contributed by atoms with Gasteiger partial charge in [-0.15, -0.1) is 0 Å². The van der Waals surface area contributed by atoms with Crippen LogP contribution in [0.2, 0.25) is 0 Å². The standard InChI is InChI=1S/C21H26N4O/c26-20(18-9-13-25(23-18)16-6-5-12-22-14-16)24-15-21(10-3-4-11-21)17-7-1-2-8-19(17)24/h1-2,7-9,13,16,22H,3-6,10-12,14-15H2. The van der Waals surface area contributed by atoms with Crippen molar-refractivity contribution in [2.45, 2.75) is 50.0 Å². The van der Waals surface area contributed by atoms with E-state index < -0.39 is 0 Å². The summed E-state index contributed by atoms with van der Waals surface area (Å²) in [6, 6.07) is 10.7. The molecule has 2 aromatic rings. The molecule has 1 N–H and O–H groups in total. The normalized spacial score (nSPS) is 24.2. The maximum atomic E-state index is 13.3.